The van der Waals surface area contributed by atoms with E-state index in [2.05, 4.69) is 26.5 Å². The summed E-state index contributed by atoms with van der Waals surface area (Å²) in [6.07, 6.45) is 1.35. The van der Waals surface area contributed by atoms with E-state index in [9.17, 15) is 9.90 Å². The highest BCUT2D eigenvalue weighted by molar-refractivity contribution is 9.10. The smallest absolute Gasteiger partial charge is 0.252 e. The van der Waals surface area contributed by atoms with Gasteiger partial charge in [0.05, 0.1) is 16.6 Å². The number of carbonyl (C=O) groups is 1. The maximum atomic E-state index is 13.0. The summed E-state index contributed by atoms with van der Waals surface area (Å²) in [6.45, 7) is 0. The lowest BCUT2D eigenvalue weighted by molar-refractivity contribution is -0.121. The van der Waals surface area contributed by atoms with E-state index < -0.39 is 5.92 Å². The summed E-state index contributed by atoms with van der Waals surface area (Å²) < 4.78 is 6.35. The van der Waals surface area contributed by atoms with E-state index in [0.717, 1.165) is 11.1 Å². The maximum Gasteiger partial charge on any atom is 0.252 e. The SMILES string of the molecule is O=C(N/N=C\c1cc(Cl)cc(Br)c1O)C1c2ccccc2Oc2ccccc21. The van der Waals surface area contributed by atoms with Crippen LogP contribution in [0.2, 0.25) is 5.02 Å². The highest BCUT2D eigenvalue weighted by Gasteiger charge is 2.32. The molecule has 0 spiro atoms. The zero-order chi connectivity index (χ0) is 19.7. The first-order valence-electron chi connectivity index (χ1n) is 8.41. The fourth-order valence-electron chi connectivity index (χ4n) is 3.11. The van der Waals surface area contributed by atoms with Gasteiger partial charge in [0, 0.05) is 21.7 Å². The van der Waals surface area contributed by atoms with E-state index in [1.165, 1.54) is 6.21 Å². The van der Waals surface area contributed by atoms with Gasteiger partial charge >= 0.3 is 0 Å². The van der Waals surface area contributed by atoms with E-state index in [0.29, 0.717) is 26.6 Å². The zero-order valence-electron chi connectivity index (χ0n) is 14.4. The third-order valence-electron chi connectivity index (χ3n) is 4.38. The largest absolute Gasteiger partial charge is 0.506 e. The standard InChI is InChI=1S/C21H14BrClN2O3/c22-16-10-13(23)9-12(20(16)26)11-24-25-21(27)19-14-5-1-3-7-17(14)28-18-8-4-2-6-15(18)19/h1-11,19,26H,(H,25,27)/b24-11-. The highest BCUT2D eigenvalue weighted by Crippen LogP contribution is 2.43. The number of aromatic hydroxyl groups is 1. The number of fused-ring (bicyclic) bond motifs is 2. The molecule has 3 aromatic carbocycles. The first-order chi connectivity index (χ1) is 13.5. The molecule has 0 aromatic heterocycles. The molecule has 5 nitrogen and oxygen atoms in total. The van der Waals surface area contributed by atoms with Crippen LogP contribution < -0.4 is 10.2 Å². The number of halogens is 2. The summed E-state index contributed by atoms with van der Waals surface area (Å²) >= 11 is 9.21. The van der Waals surface area contributed by atoms with Gasteiger partial charge in [0.25, 0.3) is 5.91 Å². The molecule has 1 amide bonds. The number of nitrogens with one attached hydrogen (secondary N) is 1. The topological polar surface area (TPSA) is 70.9 Å². The van der Waals surface area contributed by atoms with Crippen LogP contribution >= 0.6 is 27.5 Å². The summed E-state index contributed by atoms with van der Waals surface area (Å²) in [5.41, 5.74) is 4.47. The van der Waals surface area contributed by atoms with Gasteiger partial charge in [0.1, 0.15) is 17.2 Å². The molecule has 1 aliphatic heterocycles. The Kier molecular flexibility index (Phi) is 5.07. The lowest BCUT2D eigenvalue weighted by atomic mass is 9.87. The predicted molar refractivity (Wildman–Crippen MR) is 111 cm³/mol. The number of hydrogen-bond donors (Lipinski definition) is 2. The van der Waals surface area contributed by atoms with Crippen LogP contribution in [0.15, 0.2) is 70.2 Å². The average Bonchev–Trinajstić information content (AvgIpc) is 2.69. The summed E-state index contributed by atoms with van der Waals surface area (Å²) in [6, 6.07) is 18.0. The van der Waals surface area contributed by atoms with Crippen molar-refractivity contribution in [3.8, 4) is 17.2 Å². The Labute approximate surface area is 174 Å². The van der Waals surface area contributed by atoms with Crippen molar-refractivity contribution < 1.29 is 14.6 Å². The first kappa shape index (κ1) is 18.5. The monoisotopic (exact) mass is 456 g/mol. The second-order valence-corrected chi connectivity index (χ2v) is 7.46. The molecule has 140 valence electrons. The summed E-state index contributed by atoms with van der Waals surface area (Å²) in [4.78, 5) is 13.0. The lowest BCUT2D eigenvalue weighted by Crippen LogP contribution is -2.28. The van der Waals surface area contributed by atoms with Crippen LogP contribution in [0.4, 0.5) is 0 Å². The number of amides is 1. The molecule has 0 radical (unpaired) electrons. The fraction of sp³-hybridized carbons (Fsp3) is 0.0476. The Balaban J connectivity index is 1.62. The number of phenolic OH excluding ortho intramolecular Hbond substituents is 1. The van der Waals surface area contributed by atoms with Crippen LogP contribution in [0.3, 0.4) is 0 Å². The van der Waals surface area contributed by atoms with E-state index in [1.807, 2.05) is 48.5 Å². The van der Waals surface area contributed by atoms with E-state index in [4.69, 9.17) is 16.3 Å². The summed E-state index contributed by atoms with van der Waals surface area (Å²) in [5, 5.41) is 14.5. The van der Waals surface area contributed by atoms with Crippen LogP contribution in [0.1, 0.15) is 22.6 Å². The van der Waals surface area contributed by atoms with E-state index in [1.54, 1.807) is 12.1 Å². The van der Waals surface area contributed by atoms with Crippen molar-refractivity contribution in [1.29, 1.82) is 0 Å². The first-order valence-corrected chi connectivity index (χ1v) is 9.58. The number of rotatable bonds is 3. The predicted octanol–water partition coefficient (Wildman–Crippen LogP) is 5.20. The molecule has 0 atom stereocenters. The van der Waals surface area contributed by atoms with Crippen LogP contribution in [-0.2, 0) is 4.79 Å². The molecule has 0 bridgehead atoms. The van der Waals surface area contributed by atoms with E-state index >= 15 is 0 Å². The third-order valence-corrected chi connectivity index (χ3v) is 5.20. The number of carbonyl (C=O) groups excluding carboxylic acids is 1. The van der Waals surface area contributed by atoms with Crippen molar-refractivity contribution in [3.05, 3.63) is 86.8 Å². The molecule has 0 fully saturated rings. The van der Waals surface area contributed by atoms with Crippen molar-refractivity contribution in [1.82, 2.24) is 5.43 Å². The van der Waals surface area contributed by atoms with Crippen LogP contribution in [0.25, 0.3) is 0 Å². The van der Waals surface area contributed by atoms with E-state index in [-0.39, 0.29) is 11.7 Å². The van der Waals surface area contributed by atoms with Gasteiger partial charge in [-0.1, -0.05) is 48.0 Å². The van der Waals surface area contributed by atoms with Crippen LogP contribution in [0, 0.1) is 0 Å². The van der Waals surface area contributed by atoms with Crippen molar-refractivity contribution in [2.75, 3.05) is 0 Å². The van der Waals surface area contributed by atoms with Gasteiger partial charge in [-0.3, -0.25) is 4.79 Å². The minimum absolute atomic E-state index is 0.0100. The highest BCUT2D eigenvalue weighted by atomic mass is 79.9. The van der Waals surface area contributed by atoms with Crippen molar-refractivity contribution in [3.63, 3.8) is 0 Å². The lowest BCUT2D eigenvalue weighted by Gasteiger charge is -2.26. The van der Waals surface area contributed by atoms with Crippen LogP contribution in [-0.4, -0.2) is 17.2 Å². The summed E-state index contributed by atoms with van der Waals surface area (Å²) in [7, 11) is 0. The minimum Gasteiger partial charge on any atom is -0.506 e. The number of ether oxygens (including phenoxy) is 1. The fourth-order valence-corrected chi connectivity index (χ4v) is 3.94. The molecule has 7 heteroatoms. The quantitative estimate of drug-likeness (QED) is 0.420. The number of phenols is 1. The molecule has 4 rings (SSSR count). The number of para-hydroxylation sites is 2. The molecule has 28 heavy (non-hydrogen) atoms. The molecular formula is C21H14BrClN2O3. The van der Waals surface area contributed by atoms with Gasteiger partial charge in [-0.25, -0.2) is 5.43 Å². The van der Waals surface area contributed by atoms with Gasteiger partial charge in [-0.05, 0) is 40.2 Å². The molecule has 2 N–H and O–H groups in total. The molecular weight excluding hydrogens is 444 g/mol. The number of nitrogens with zero attached hydrogens (tertiary/aromatic N) is 1. The second kappa shape index (κ2) is 7.66. The van der Waals surface area contributed by atoms with Gasteiger partial charge < -0.3 is 9.84 Å². The van der Waals surface area contributed by atoms with Gasteiger partial charge in [-0.2, -0.15) is 5.10 Å². The van der Waals surface area contributed by atoms with Crippen molar-refractivity contribution in [2.24, 2.45) is 5.10 Å². The Morgan fingerprint density at radius 2 is 1.71 bits per heavy atom. The van der Waals surface area contributed by atoms with Crippen molar-refractivity contribution in [2.45, 2.75) is 5.92 Å². The average molecular weight is 458 g/mol. The number of hydrogen-bond acceptors (Lipinski definition) is 4. The molecule has 1 aliphatic rings. The molecule has 3 aromatic rings. The Bertz CT molecular complexity index is 1060. The van der Waals surface area contributed by atoms with Gasteiger partial charge in [0.15, 0.2) is 0 Å². The number of benzene rings is 3. The Hall–Kier alpha value is -2.83. The second-order valence-electron chi connectivity index (χ2n) is 6.17. The molecule has 0 aliphatic carbocycles. The maximum absolute atomic E-state index is 13.0. The van der Waals surface area contributed by atoms with Gasteiger partial charge in [0.2, 0.25) is 0 Å². The Morgan fingerprint density at radius 3 is 2.36 bits per heavy atom. The Morgan fingerprint density at radius 1 is 1.11 bits per heavy atom. The van der Waals surface area contributed by atoms with Crippen molar-refractivity contribution >= 4 is 39.7 Å². The number of hydrazone groups is 1. The minimum atomic E-state index is -0.557. The normalized spacial score (nSPS) is 12.9. The molecule has 1 heterocycles. The molecule has 0 unspecified atom stereocenters. The van der Waals surface area contributed by atoms with Crippen LogP contribution in [0.5, 0.6) is 17.2 Å². The third kappa shape index (κ3) is 3.48. The molecule has 0 saturated heterocycles. The summed E-state index contributed by atoms with van der Waals surface area (Å²) in [5.74, 6) is 0.408. The van der Waals surface area contributed by atoms with Gasteiger partial charge in [-0.15, -0.1) is 0 Å². The zero-order valence-corrected chi connectivity index (χ0v) is 16.7. The molecule has 0 saturated carbocycles.